The number of hydrogen-bond donors (Lipinski definition) is 0. The Kier molecular flexibility index (Phi) is 4.34. The molecule has 2 aromatic rings. The van der Waals surface area contributed by atoms with Gasteiger partial charge in [-0.2, -0.15) is 0 Å². The van der Waals surface area contributed by atoms with Gasteiger partial charge in [0.25, 0.3) is 0 Å². The van der Waals surface area contributed by atoms with Gasteiger partial charge in [-0.1, -0.05) is 42.5 Å². The Hall–Kier alpha value is -1.38. The average molecular weight is 242 g/mol. The molecule has 2 nitrogen and oxygen atoms in total. The van der Waals surface area contributed by atoms with E-state index in [0.717, 1.165) is 19.6 Å². The van der Waals surface area contributed by atoms with E-state index in [2.05, 4.69) is 73.4 Å². The molecule has 0 unspecified atom stereocenters. The lowest BCUT2D eigenvalue weighted by Gasteiger charge is -2.20. The van der Waals surface area contributed by atoms with Crippen molar-refractivity contribution in [2.24, 2.45) is 0 Å². The maximum Gasteiger partial charge on any atom is 0.0237 e. The summed E-state index contributed by atoms with van der Waals surface area (Å²) in [5.41, 5.74) is 1.41. The topological polar surface area (TPSA) is 6.48 Å². The number of hydrogen-bond acceptors (Lipinski definition) is 2. The van der Waals surface area contributed by atoms with Gasteiger partial charge in [0.1, 0.15) is 0 Å². The van der Waals surface area contributed by atoms with Crippen molar-refractivity contribution in [2.45, 2.75) is 6.54 Å². The van der Waals surface area contributed by atoms with Crippen molar-refractivity contribution in [1.29, 1.82) is 0 Å². The molecule has 0 aliphatic heterocycles. The quantitative estimate of drug-likeness (QED) is 0.795. The molecule has 2 aromatic carbocycles. The molecular weight excluding hydrogens is 220 g/mol. The van der Waals surface area contributed by atoms with Crippen LogP contribution in [0.2, 0.25) is 0 Å². The molecule has 0 saturated heterocycles. The van der Waals surface area contributed by atoms with Gasteiger partial charge in [-0.05, 0) is 37.5 Å². The molecule has 0 aliphatic rings. The normalized spacial score (nSPS) is 11.6. The van der Waals surface area contributed by atoms with Crippen LogP contribution in [-0.2, 0) is 6.54 Å². The lowest BCUT2D eigenvalue weighted by Crippen LogP contribution is -2.28. The van der Waals surface area contributed by atoms with E-state index in [0.29, 0.717) is 0 Å². The number of nitrogens with zero attached hydrogens (tertiary/aromatic N) is 2. The van der Waals surface area contributed by atoms with Crippen LogP contribution in [0.15, 0.2) is 42.5 Å². The first-order valence-corrected chi connectivity index (χ1v) is 6.47. The summed E-state index contributed by atoms with van der Waals surface area (Å²) in [6.07, 6.45) is 0. The molecular formula is C16H22N2. The lowest BCUT2D eigenvalue weighted by atomic mass is 10.0. The number of benzene rings is 2. The predicted molar refractivity (Wildman–Crippen MR) is 78.8 cm³/mol. The van der Waals surface area contributed by atoms with Crippen molar-refractivity contribution < 1.29 is 0 Å². The van der Waals surface area contributed by atoms with Crippen LogP contribution >= 0.6 is 0 Å². The van der Waals surface area contributed by atoms with Gasteiger partial charge >= 0.3 is 0 Å². The van der Waals surface area contributed by atoms with Gasteiger partial charge in [0, 0.05) is 19.6 Å². The number of likely N-dealkylation sites (N-methyl/N-ethyl adjacent to an activating group) is 2. The second-order valence-electron chi connectivity index (χ2n) is 5.18. The van der Waals surface area contributed by atoms with Gasteiger partial charge in [-0.15, -0.1) is 0 Å². The Morgan fingerprint density at radius 1 is 0.833 bits per heavy atom. The standard InChI is InChI=1S/C16H22N2/c1-17(2)11-12-18(3)13-15-9-6-8-14-7-4-5-10-16(14)15/h4-10H,11-13H2,1-3H3. The third kappa shape index (κ3) is 3.31. The fraction of sp³-hybridized carbons (Fsp3) is 0.375. The van der Waals surface area contributed by atoms with Crippen molar-refractivity contribution in [3.8, 4) is 0 Å². The molecule has 2 heteroatoms. The minimum atomic E-state index is 1.01. The molecule has 0 N–H and O–H groups in total. The van der Waals surface area contributed by atoms with Crippen molar-refractivity contribution in [1.82, 2.24) is 9.80 Å². The summed E-state index contributed by atoms with van der Waals surface area (Å²) in [5, 5.41) is 2.70. The van der Waals surface area contributed by atoms with E-state index in [1.54, 1.807) is 0 Å². The van der Waals surface area contributed by atoms with E-state index in [4.69, 9.17) is 0 Å². The fourth-order valence-electron chi connectivity index (χ4n) is 2.17. The molecule has 18 heavy (non-hydrogen) atoms. The maximum atomic E-state index is 2.38. The minimum absolute atomic E-state index is 1.01. The van der Waals surface area contributed by atoms with Crippen LogP contribution in [0.5, 0.6) is 0 Å². The van der Waals surface area contributed by atoms with Gasteiger partial charge in [-0.25, -0.2) is 0 Å². The molecule has 0 bridgehead atoms. The van der Waals surface area contributed by atoms with E-state index < -0.39 is 0 Å². The van der Waals surface area contributed by atoms with Crippen molar-refractivity contribution >= 4 is 10.8 Å². The van der Waals surface area contributed by atoms with Crippen LogP contribution in [-0.4, -0.2) is 44.0 Å². The smallest absolute Gasteiger partial charge is 0.0237 e. The van der Waals surface area contributed by atoms with Crippen molar-refractivity contribution in [3.05, 3.63) is 48.0 Å². The van der Waals surface area contributed by atoms with Gasteiger partial charge < -0.3 is 9.80 Å². The summed E-state index contributed by atoms with van der Waals surface area (Å²) in [6.45, 7) is 3.20. The highest BCUT2D eigenvalue weighted by atomic mass is 15.1. The zero-order valence-electron chi connectivity index (χ0n) is 11.6. The summed E-state index contributed by atoms with van der Waals surface area (Å²) in [6, 6.07) is 15.2. The van der Waals surface area contributed by atoms with Gasteiger partial charge in [-0.3, -0.25) is 0 Å². The van der Waals surface area contributed by atoms with E-state index in [1.165, 1.54) is 16.3 Å². The fourth-order valence-corrected chi connectivity index (χ4v) is 2.17. The predicted octanol–water partition coefficient (Wildman–Crippen LogP) is 2.83. The van der Waals surface area contributed by atoms with Gasteiger partial charge in [0.2, 0.25) is 0 Å². The second kappa shape index (κ2) is 5.98. The first-order valence-electron chi connectivity index (χ1n) is 6.47. The maximum absolute atomic E-state index is 2.38. The molecule has 0 atom stereocenters. The largest absolute Gasteiger partial charge is 0.308 e. The first-order chi connectivity index (χ1) is 8.66. The van der Waals surface area contributed by atoms with Crippen LogP contribution in [0.3, 0.4) is 0 Å². The molecule has 0 aromatic heterocycles. The summed E-state index contributed by atoms with van der Waals surface area (Å²) in [4.78, 5) is 4.60. The van der Waals surface area contributed by atoms with Crippen LogP contribution in [0.4, 0.5) is 0 Å². The Morgan fingerprint density at radius 3 is 2.33 bits per heavy atom. The summed E-state index contributed by atoms with van der Waals surface area (Å²) in [5.74, 6) is 0. The van der Waals surface area contributed by atoms with Crippen molar-refractivity contribution in [2.75, 3.05) is 34.2 Å². The van der Waals surface area contributed by atoms with Crippen LogP contribution in [0, 0.1) is 0 Å². The number of fused-ring (bicyclic) bond motifs is 1. The van der Waals surface area contributed by atoms with Gasteiger partial charge in [0.05, 0.1) is 0 Å². The third-order valence-electron chi connectivity index (χ3n) is 3.25. The Morgan fingerprint density at radius 2 is 1.56 bits per heavy atom. The molecule has 0 spiro atoms. The summed E-state index contributed by atoms with van der Waals surface area (Å²) < 4.78 is 0. The van der Waals surface area contributed by atoms with E-state index in [1.807, 2.05) is 0 Å². The zero-order chi connectivity index (χ0) is 13.0. The Balaban J connectivity index is 2.11. The molecule has 0 radical (unpaired) electrons. The highest BCUT2D eigenvalue weighted by Crippen LogP contribution is 2.19. The Bertz CT molecular complexity index is 500. The third-order valence-corrected chi connectivity index (χ3v) is 3.25. The molecule has 0 fully saturated rings. The molecule has 0 amide bonds. The summed E-state index contributed by atoms with van der Waals surface area (Å²) in [7, 11) is 6.42. The monoisotopic (exact) mass is 242 g/mol. The number of rotatable bonds is 5. The van der Waals surface area contributed by atoms with E-state index >= 15 is 0 Å². The van der Waals surface area contributed by atoms with E-state index in [9.17, 15) is 0 Å². The van der Waals surface area contributed by atoms with Crippen LogP contribution in [0.25, 0.3) is 10.8 Å². The SMILES string of the molecule is CN(C)CCN(C)Cc1cccc2ccccc12. The highest BCUT2D eigenvalue weighted by Gasteiger charge is 2.04. The van der Waals surface area contributed by atoms with Gasteiger partial charge in [0.15, 0.2) is 0 Å². The van der Waals surface area contributed by atoms with E-state index in [-0.39, 0.29) is 0 Å². The second-order valence-corrected chi connectivity index (χ2v) is 5.18. The summed E-state index contributed by atoms with van der Waals surface area (Å²) >= 11 is 0. The zero-order valence-corrected chi connectivity index (χ0v) is 11.6. The molecule has 0 saturated carbocycles. The molecule has 2 rings (SSSR count). The Labute approximate surface area is 110 Å². The van der Waals surface area contributed by atoms with Crippen LogP contribution in [0.1, 0.15) is 5.56 Å². The molecule has 0 aliphatic carbocycles. The van der Waals surface area contributed by atoms with Crippen molar-refractivity contribution in [3.63, 3.8) is 0 Å². The molecule has 96 valence electrons. The average Bonchev–Trinajstić information content (AvgIpc) is 2.37. The minimum Gasteiger partial charge on any atom is -0.308 e. The molecule has 0 heterocycles. The highest BCUT2D eigenvalue weighted by molar-refractivity contribution is 5.85. The lowest BCUT2D eigenvalue weighted by molar-refractivity contribution is 0.277. The van der Waals surface area contributed by atoms with Crippen LogP contribution < -0.4 is 0 Å². The first kappa shape index (κ1) is 13.1.